The van der Waals surface area contributed by atoms with Crippen molar-refractivity contribution in [2.45, 2.75) is 4.90 Å². The average molecular weight is 306 g/mol. The van der Waals surface area contributed by atoms with E-state index in [9.17, 15) is 13.2 Å². The monoisotopic (exact) mass is 306 g/mol. The number of nitrogen functional groups attached to an aromatic ring is 1. The van der Waals surface area contributed by atoms with Crippen LogP contribution in [0.3, 0.4) is 0 Å². The Labute approximate surface area is 122 Å². The Morgan fingerprint density at radius 1 is 0.952 bits per heavy atom. The minimum absolute atomic E-state index is 0.0794. The number of rotatable bonds is 3. The minimum atomic E-state index is -3.81. The van der Waals surface area contributed by atoms with Crippen LogP contribution in [0.4, 0.5) is 21.9 Å². The van der Waals surface area contributed by atoms with E-state index in [1.165, 1.54) is 18.2 Å². The first-order valence-electron chi connectivity index (χ1n) is 5.91. The highest BCUT2D eigenvalue weighted by Gasteiger charge is 2.09. The predicted octanol–water partition coefficient (Wildman–Crippen LogP) is 1.56. The van der Waals surface area contributed by atoms with Crippen LogP contribution in [0, 0.1) is 0 Å². The van der Waals surface area contributed by atoms with E-state index in [1.54, 1.807) is 30.3 Å². The highest BCUT2D eigenvalue weighted by molar-refractivity contribution is 7.89. The number of nitrogens with one attached hydrogen (secondary N) is 2. The SMILES string of the molecule is Nc1cccc(NC(=O)Nc2cccc(S(N)(=O)=O)c2)c1. The van der Waals surface area contributed by atoms with Gasteiger partial charge in [0.15, 0.2) is 0 Å². The summed E-state index contributed by atoms with van der Waals surface area (Å²) in [4.78, 5) is 11.7. The Morgan fingerprint density at radius 3 is 2.10 bits per heavy atom. The van der Waals surface area contributed by atoms with Gasteiger partial charge >= 0.3 is 6.03 Å². The van der Waals surface area contributed by atoms with Gasteiger partial charge < -0.3 is 16.4 Å². The number of sulfonamides is 1. The fraction of sp³-hybridized carbons (Fsp3) is 0. The van der Waals surface area contributed by atoms with Crippen LogP contribution >= 0.6 is 0 Å². The molecule has 2 rings (SSSR count). The molecule has 0 unspecified atom stereocenters. The van der Waals surface area contributed by atoms with Crippen LogP contribution in [0.5, 0.6) is 0 Å². The molecule has 0 spiro atoms. The zero-order valence-electron chi connectivity index (χ0n) is 10.9. The second-order valence-corrected chi connectivity index (χ2v) is 5.84. The normalized spacial score (nSPS) is 10.9. The van der Waals surface area contributed by atoms with Crippen molar-refractivity contribution < 1.29 is 13.2 Å². The third-order valence-electron chi connectivity index (χ3n) is 2.56. The zero-order chi connectivity index (χ0) is 15.5. The molecule has 0 aliphatic heterocycles. The molecule has 0 saturated heterocycles. The molecular weight excluding hydrogens is 292 g/mol. The number of hydrogen-bond acceptors (Lipinski definition) is 4. The average Bonchev–Trinajstić information content (AvgIpc) is 2.37. The van der Waals surface area contributed by atoms with Gasteiger partial charge in [-0.15, -0.1) is 0 Å². The fourth-order valence-corrected chi connectivity index (χ4v) is 2.22. The molecule has 0 aliphatic carbocycles. The van der Waals surface area contributed by atoms with Gasteiger partial charge in [-0.3, -0.25) is 0 Å². The summed E-state index contributed by atoms with van der Waals surface area (Å²) in [5.41, 5.74) is 6.95. The molecule has 0 aromatic heterocycles. The highest BCUT2D eigenvalue weighted by atomic mass is 32.2. The molecule has 0 radical (unpaired) electrons. The molecule has 7 nitrogen and oxygen atoms in total. The van der Waals surface area contributed by atoms with Crippen LogP contribution in [-0.2, 0) is 10.0 Å². The number of benzene rings is 2. The van der Waals surface area contributed by atoms with Crippen molar-refractivity contribution >= 4 is 33.1 Å². The quantitative estimate of drug-likeness (QED) is 0.641. The highest BCUT2D eigenvalue weighted by Crippen LogP contribution is 2.15. The number of primary sulfonamides is 1. The van der Waals surface area contributed by atoms with Crippen LogP contribution in [0.2, 0.25) is 0 Å². The van der Waals surface area contributed by atoms with Gasteiger partial charge in [0.25, 0.3) is 0 Å². The van der Waals surface area contributed by atoms with E-state index in [4.69, 9.17) is 10.9 Å². The van der Waals surface area contributed by atoms with Crippen molar-refractivity contribution in [3.8, 4) is 0 Å². The van der Waals surface area contributed by atoms with E-state index in [1.807, 2.05) is 0 Å². The number of hydrogen-bond donors (Lipinski definition) is 4. The molecule has 0 atom stereocenters. The Balaban J connectivity index is 2.10. The van der Waals surface area contributed by atoms with Crippen LogP contribution in [0.1, 0.15) is 0 Å². The number of carbonyl (C=O) groups is 1. The van der Waals surface area contributed by atoms with Crippen molar-refractivity contribution in [2.75, 3.05) is 16.4 Å². The number of carbonyl (C=O) groups excluding carboxylic acids is 1. The summed E-state index contributed by atoms with van der Waals surface area (Å²) < 4.78 is 22.5. The second-order valence-electron chi connectivity index (χ2n) is 4.28. The van der Waals surface area contributed by atoms with E-state index in [0.717, 1.165) is 0 Å². The summed E-state index contributed by atoms with van der Waals surface area (Å²) in [5.74, 6) is 0. The van der Waals surface area contributed by atoms with Gasteiger partial charge in [-0.2, -0.15) is 0 Å². The Bertz CT molecular complexity index is 774. The lowest BCUT2D eigenvalue weighted by molar-refractivity contribution is 0.262. The summed E-state index contributed by atoms with van der Waals surface area (Å²) in [6, 6.07) is 11.8. The van der Waals surface area contributed by atoms with Gasteiger partial charge in [-0.25, -0.2) is 18.4 Å². The van der Waals surface area contributed by atoms with Gasteiger partial charge in [0, 0.05) is 17.1 Å². The number of nitrogens with two attached hydrogens (primary N) is 2. The fourth-order valence-electron chi connectivity index (χ4n) is 1.66. The van der Waals surface area contributed by atoms with E-state index in [0.29, 0.717) is 17.1 Å². The largest absolute Gasteiger partial charge is 0.399 e. The molecular formula is C13H14N4O3S. The lowest BCUT2D eigenvalue weighted by Crippen LogP contribution is -2.20. The van der Waals surface area contributed by atoms with Gasteiger partial charge in [-0.1, -0.05) is 12.1 Å². The van der Waals surface area contributed by atoms with Crippen LogP contribution in [0.15, 0.2) is 53.4 Å². The van der Waals surface area contributed by atoms with Crippen LogP contribution in [0.25, 0.3) is 0 Å². The summed E-state index contributed by atoms with van der Waals surface area (Å²) in [7, 11) is -3.81. The molecule has 2 aromatic rings. The smallest absolute Gasteiger partial charge is 0.323 e. The predicted molar refractivity (Wildman–Crippen MR) is 81.3 cm³/mol. The molecule has 8 heteroatoms. The number of amides is 2. The first kappa shape index (κ1) is 14.8. The molecule has 0 saturated carbocycles. The summed E-state index contributed by atoms with van der Waals surface area (Å²) in [6.07, 6.45) is 0. The molecule has 0 aliphatic rings. The Hall–Kier alpha value is -2.58. The zero-order valence-corrected chi connectivity index (χ0v) is 11.7. The van der Waals surface area contributed by atoms with Crippen LogP contribution in [-0.4, -0.2) is 14.4 Å². The van der Waals surface area contributed by atoms with Gasteiger partial charge in [-0.05, 0) is 36.4 Å². The second kappa shape index (κ2) is 5.81. The lowest BCUT2D eigenvalue weighted by Gasteiger charge is -2.09. The lowest BCUT2D eigenvalue weighted by atomic mass is 10.3. The Morgan fingerprint density at radius 2 is 1.52 bits per heavy atom. The van der Waals surface area contributed by atoms with E-state index in [2.05, 4.69) is 10.6 Å². The van der Waals surface area contributed by atoms with Gasteiger partial charge in [0.1, 0.15) is 0 Å². The van der Waals surface area contributed by atoms with Crippen molar-refractivity contribution in [2.24, 2.45) is 5.14 Å². The molecule has 21 heavy (non-hydrogen) atoms. The molecule has 0 heterocycles. The summed E-state index contributed by atoms with van der Waals surface area (Å²) >= 11 is 0. The van der Waals surface area contributed by atoms with E-state index < -0.39 is 16.1 Å². The first-order valence-corrected chi connectivity index (χ1v) is 7.46. The Kier molecular flexibility index (Phi) is 4.10. The van der Waals surface area contributed by atoms with Gasteiger partial charge in [0.05, 0.1) is 4.90 Å². The standard InChI is InChI=1S/C13H14N4O3S/c14-9-3-1-4-10(7-9)16-13(18)17-11-5-2-6-12(8-11)21(15,19)20/h1-8H,14H2,(H2,15,19,20)(H2,16,17,18). The number of anilines is 3. The van der Waals surface area contributed by atoms with E-state index >= 15 is 0 Å². The molecule has 0 fully saturated rings. The van der Waals surface area contributed by atoms with Crippen LogP contribution < -0.4 is 21.5 Å². The summed E-state index contributed by atoms with van der Waals surface area (Å²) in [6.45, 7) is 0. The molecule has 6 N–H and O–H groups in total. The van der Waals surface area contributed by atoms with Crippen molar-refractivity contribution in [3.63, 3.8) is 0 Å². The third-order valence-corrected chi connectivity index (χ3v) is 3.48. The van der Waals surface area contributed by atoms with Crippen molar-refractivity contribution in [3.05, 3.63) is 48.5 Å². The topological polar surface area (TPSA) is 127 Å². The maximum Gasteiger partial charge on any atom is 0.323 e. The van der Waals surface area contributed by atoms with Gasteiger partial charge in [0.2, 0.25) is 10.0 Å². The molecule has 110 valence electrons. The maximum absolute atomic E-state index is 11.8. The molecule has 0 bridgehead atoms. The third kappa shape index (κ3) is 4.20. The summed E-state index contributed by atoms with van der Waals surface area (Å²) in [5, 5.41) is 10.1. The first-order chi connectivity index (χ1) is 9.84. The van der Waals surface area contributed by atoms with E-state index in [-0.39, 0.29) is 4.90 Å². The molecule has 2 aromatic carbocycles. The number of urea groups is 1. The van der Waals surface area contributed by atoms with Crippen molar-refractivity contribution in [1.82, 2.24) is 0 Å². The maximum atomic E-state index is 11.8. The van der Waals surface area contributed by atoms with Crippen molar-refractivity contribution in [1.29, 1.82) is 0 Å². The molecule has 2 amide bonds. The minimum Gasteiger partial charge on any atom is -0.399 e.